The van der Waals surface area contributed by atoms with Gasteiger partial charge in [0.05, 0.1) is 13.7 Å². The lowest BCUT2D eigenvalue weighted by Crippen LogP contribution is -2.40. The van der Waals surface area contributed by atoms with Crippen LogP contribution in [0.1, 0.15) is 46.1 Å². The summed E-state index contributed by atoms with van der Waals surface area (Å²) in [6.07, 6.45) is 2.25. The number of guanidine groups is 1. The molecule has 0 heterocycles. The van der Waals surface area contributed by atoms with E-state index in [9.17, 15) is 4.79 Å². The topological polar surface area (TPSA) is 84.0 Å². The van der Waals surface area contributed by atoms with E-state index in [-0.39, 0.29) is 11.9 Å². The van der Waals surface area contributed by atoms with Gasteiger partial charge in [0.1, 0.15) is 0 Å². The molecule has 0 spiro atoms. The van der Waals surface area contributed by atoms with Gasteiger partial charge in [0.15, 0.2) is 17.5 Å². The largest absolute Gasteiger partial charge is 0.493 e. The lowest BCUT2D eigenvalue weighted by Gasteiger charge is -2.13. The highest BCUT2D eigenvalue weighted by Gasteiger charge is 2.06. The maximum absolute atomic E-state index is 11.7. The number of rotatable bonds is 12. The zero-order chi connectivity index (χ0) is 20.8. The number of benzene rings is 1. The van der Waals surface area contributed by atoms with Crippen molar-refractivity contribution < 1.29 is 14.3 Å². The highest BCUT2D eigenvalue weighted by Crippen LogP contribution is 2.28. The summed E-state index contributed by atoms with van der Waals surface area (Å²) in [4.78, 5) is 16.3. The van der Waals surface area contributed by atoms with Crippen molar-refractivity contribution in [3.63, 3.8) is 0 Å². The van der Waals surface area contributed by atoms with Crippen LogP contribution in [-0.4, -0.2) is 51.3 Å². The van der Waals surface area contributed by atoms with Crippen molar-refractivity contribution >= 4 is 11.9 Å². The van der Waals surface area contributed by atoms with Crippen LogP contribution in [0, 0.1) is 0 Å². The highest BCUT2D eigenvalue weighted by atomic mass is 16.5. The highest BCUT2D eigenvalue weighted by molar-refractivity contribution is 5.81. The molecule has 0 fully saturated rings. The molecule has 0 atom stereocenters. The van der Waals surface area contributed by atoms with E-state index in [0.29, 0.717) is 26.1 Å². The maximum atomic E-state index is 11.7. The Morgan fingerprint density at radius 2 is 1.96 bits per heavy atom. The van der Waals surface area contributed by atoms with Gasteiger partial charge >= 0.3 is 0 Å². The van der Waals surface area contributed by atoms with Crippen LogP contribution in [-0.2, 0) is 11.2 Å². The van der Waals surface area contributed by atoms with Gasteiger partial charge in [-0.2, -0.15) is 0 Å². The van der Waals surface area contributed by atoms with Crippen molar-refractivity contribution in [3.8, 4) is 11.5 Å². The summed E-state index contributed by atoms with van der Waals surface area (Å²) in [5.74, 6) is 2.32. The fraction of sp³-hybridized carbons (Fsp3) is 0.619. The van der Waals surface area contributed by atoms with Gasteiger partial charge in [0, 0.05) is 32.1 Å². The van der Waals surface area contributed by atoms with Crippen molar-refractivity contribution in [1.82, 2.24) is 16.0 Å². The van der Waals surface area contributed by atoms with E-state index < -0.39 is 0 Å². The fourth-order valence-corrected chi connectivity index (χ4v) is 2.65. The van der Waals surface area contributed by atoms with Gasteiger partial charge in [-0.25, -0.2) is 0 Å². The van der Waals surface area contributed by atoms with Crippen molar-refractivity contribution in [1.29, 1.82) is 0 Å². The minimum atomic E-state index is 0.0444. The summed E-state index contributed by atoms with van der Waals surface area (Å²) in [6, 6.07) is 6.19. The molecule has 0 aliphatic carbocycles. The second kappa shape index (κ2) is 13.7. The average Bonchev–Trinajstić information content (AvgIpc) is 2.65. The summed E-state index contributed by atoms with van der Waals surface area (Å²) in [6.45, 7) is 10.5. The number of hydrogen-bond donors (Lipinski definition) is 3. The molecule has 3 N–H and O–H groups in total. The third kappa shape index (κ3) is 9.48. The first-order valence-corrected chi connectivity index (χ1v) is 10.1. The number of methoxy groups -OCH3 is 1. The molecule has 0 unspecified atom stereocenters. The molecular formula is C21H36N4O3. The van der Waals surface area contributed by atoms with Crippen LogP contribution in [0.15, 0.2) is 23.2 Å². The van der Waals surface area contributed by atoms with Crippen molar-refractivity contribution in [2.24, 2.45) is 4.99 Å². The van der Waals surface area contributed by atoms with Gasteiger partial charge in [-0.1, -0.05) is 6.07 Å². The normalized spacial score (nSPS) is 11.3. The first-order chi connectivity index (χ1) is 13.5. The molecule has 0 aromatic heterocycles. The van der Waals surface area contributed by atoms with E-state index >= 15 is 0 Å². The van der Waals surface area contributed by atoms with Gasteiger partial charge in [-0.15, -0.1) is 0 Å². The van der Waals surface area contributed by atoms with Crippen LogP contribution in [0.5, 0.6) is 11.5 Å². The Labute approximate surface area is 169 Å². The van der Waals surface area contributed by atoms with Gasteiger partial charge in [0.2, 0.25) is 5.91 Å². The van der Waals surface area contributed by atoms with Gasteiger partial charge in [-0.3, -0.25) is 9.79 Å². The van der Waals surface area contributed by atoms with Crippen LogP contribution in [0.2, 0.25) is 0 Å². The Bertz CT molecular complexity index is 618. The molecule has 7 nitrogen and oxygen atoms in total. The number of nitrogens with zero attached hydrogens (tertiary/aromatic N) is 1. The summed E-state index contributed by atoms with van der Waals surface area (Å²) >= 11 is 0. The zero-order valence-electron chi connectivity index (χ0n) is 17.9. The SMILES string of the molecule is CCNC(=NCCCc1ccc(OC)c(OCC)c1)NCCC(=O)NC(C)C. The molecule has 1 amide bonds. The van der Waals surface area contributed by atoms with Crippen LogP contribution < -0.4 is 25.4 Å². The molecule has 0 radical (unpaired) electrons. The average molecular weight is 393 g/mol. The number of amides is 1. The summed E-state index contributed by atoms with van der Waals surface area (Å²) in [5.41, 5.74) is 1.20. The van der Waals surface area contributed by atoms with Crippen LogP contribution in [0.25, 0.3) is 0 Å². The van der Waals surface area contributed by atoms with E-state index in [2.05, 4.69) is 27.0 Å². The monoisotopic (exact) mass is 392 g/mol. The van der Waals surface area contributed by atoms with Crippen molar-refractivity contribution in [2.75, 3.05) is 33.4 Å². The number of aryl methyl sites for hydroxylation is 1. The second-order valence-electron chi connectivity index (χ2n) is 6.68. The zero-order valence-corrected chi connectivity index (χ0v) is 17.9. The number of nitrogens with one attached hydrogen (secondary N) is 3. The molecule has 0 bridgehead atoms. The van der Waals surface area contributed by atoms with E-state index in [1.807, 2.05) is 39.8 Å². The maximum Gasteiger partial charge on any atom is 0.221 e. The lowest BCUT2D eigenvalue weighted by atomic mass is 10.1. The number of aliphatic imine (C=N–C) groups is 1. The van der Waals surface area contributed by atoms with Gasteiger partial charge in [0.25, 0.3) is 0 Å². The fourth-order valence-electron chi connectivity index (χ4n) is 2.65. The molecule has 158 valence electrons. The first kappa shape index (κ1) is 23.6. The van der Waals surface area contributed by atoms with E-state index in [1.165, 1.54) is 5.56 Å². The van der Waals surface area contributed by atoms with E-state index in [4.69, 9.17) is 9.47 Å². The quantitative estimate of drug-likeness (QED) is 0.289. The third-order valence-corrected chi connectivity index (χ3v) is 3.86. The Hall–Kier alpha value is -2.44. The predicted molar refractivity (Wildman–Crippen MR) is 114 cm³/mol. The Balaban J connectivity index is 2.46. The smallest absolute Gasteiger partial charge is 0.221 e. The molecule has 0 aliphatic rings. The molecule has 0 saturated heterocycles. The minimum Gasteiger partial charge on any atom is -0.493 e. The molecule has 28 heavy (non-hydrogen) atoms. The first-order valence-electron chi connectivity index (χ1n) is 10.1. The van der Waals surface area contributed by atoms with Crippen LogP contribution in [0.3, 0.4) is 0 Å². The van der Waals surface area contributed by atoms with E-state index in [1.54, 1.807) is 7.11 Å². The molecule has 1 aromatic rings. The summed E-state index contributed by atoms with van der Waals surface area (Å²) in [5, 5.41) is 9.30. The number of hydrogen-bond acceptors (Lipinski definition) is 4. The number of carbonyl (C=O) groups excluding carboxylic acids is 1. The second-order valence-corrected chi connectivity index (χ2v) is 6.68. The lowest BCUT2D eigenvalue weighted by molar-refractivity contribution is -0.121. The summed E-state index contributed by atoms with van der Waals surface area (Å²) < 4.78 is 10.9. The predicted octanol–water partition coefficient (Wildman–Crippen LogP) is 2.50. The molecule has 0 saturated carbocycles. The molecule has 7 heteroatoms. The number of ether oxygens (including phenoxy) is 2. The van der Waals surface area contributed by atoms with Gasteiger partial charge in [-0.05, 0) is 58.2 Å². The Kier molecular flexibility index (Phi) is 11.5. The minimum absolute atomic E-state index is 0.0444. The summed E-state index contributed by atoms with van der Waals surface area (Å²) in [7, 11) is 1.65. The van der Waals surface area contributed by atoms with Crippen molar-refractivity contribution in [3.05, 3.63) is 23.8 Å². The Morgan fingerprint density at radius 3 is 2.61 bits per heavy atom. The molecule has 1 aromatic carbocycles. The third-order valence-electron chi connectivity index (χ3n) is 3.86. The van der Waals surface area contributed by atoms with Crippen LogP contribution >= 0.6 is 0 Å². The van der Waals surface area contributed by atoms with Crippen LogP contribution in [0.4, 0.5) is 0 Å². The Morgan fingerprint density at radius 1 is 1.18 bits per heavy atom. The van der Waals surface area contributed by atoms with E-state index in [0.717, 1.165) is 36.8 Å². The standard InChI is InChI=1S/C21H36N4O3/c1-6-22-21(24-14-12-20(26)25-16(3)4)23-13-8-9-17-10-11-18(27-5)19(15-17)28-7-2/h10-11,15-16H,6-9,12-14H2,1-5H3,(H,25,26)(H2,22,23,24). The molecule has 1 rings (SSSR count). The number of carbonyl (C=O) groups is 1. The molecule has 0 aliphatic heterocycles. The van der Waals surface area contributed by atoms with Crippen molar-refractivity contribution in [2.45, 2.75) is 53.0 Å². The van der Waals surface area contributed by atoms with Gasteiger partial charge < -0.3 is 25.4 Å². The molecular weight excluding hydrogens is 356 g/mol.